The number of carbonyl (C=O) groups excluding carboxylic acids is 1. The molecule has 0 radical (unpaired) electrons. The second kappa shape index (κ2) is 10.4. The molecule has 2 aromatic rings. The molecule has 9 heteroatoms. The van der Waals surface area contributed by atoms with Gasteiger partial charge in [-0.05, 0) is 43.0 Å². The number of carboxylic acid groups (broad SMARTS) is 1. The highest BCUT2D eigenvalue weighted by Gasteiger charge is 2.24. The average Bonchev–Trinajstić information content (AvgIpc) is 3.36. The first-order chi connectivity index (χ1) is 13.9. The molecule has 1 fully saturated rings. The van der Waals surface area contributed by atoms with Crippen molar-refractivity contribution in [1.29, 1.82) is 0 Å². The lowest BCUT2D eigenvalue weighted by Gasteiger charge is -2.25. The quantitative estimate of drug-likeness (QED) is 0.440. The van der Waals surface area contributed by atoms with E-state index in [1.165, 1.54) is 35.9 Å². The Morgan fingerprint density at radius 2 is 2.03 bits per heavy atom. The molecule has 1 saturated carbocycles. The van der Waals surface area contributed by atoms with Crippen LogP contribution in [0.2, 0.25) is 0 Å². The third-order valence-corrected chi connectivity index (χ3v) is 7.79. The number of nitrogens with zero attached hydrogens (tertiary/aromatic N) is 2. The number of anilines is 2. The number of urea groups is 1. The maximum atomic E-state index is 13.0. The highest BCUT2D eigenvalue weighted by atomic mass is 79.9. The van der Waals surface area contributed by atoms with E-state index in [9.17, 15) is 9.59 Å². The van der Waals surface area contributed by atoms with Crippen LogP contribution in [0.25, 0.3) is 0 Å². The average molecular weight is 498 g/mol. The Labute approximate surface area is 187 Å². The van der Waals surface area contributed by atoms with Crippen molar-refractivity contribution in [2.24, 2.45) is 11.8 Å². The fraction of sp³-hybridized carbons (Fsp3) is 0.450. The van der Waals surface area contributed by atoms with Gasteiger partial charge in [0.2, 0.25) is 0 Å². The summed E-state index contributed by atoms with van der Waals surface area (Å²) in [5.41, 5.74) is 0.860. The van der Waals surface area contributed by atoms with Crippen LogP contribution in [0, 0.1) is 11.8 Å². The minimum absolute atomic E-state index is 0.191. The van der Waals surface area contributed by atoms with Gasteiger partial charge in [0.1, 0.15) is 0 Å². The van der Waals surface area contributed by atoms with Crippen LogP contribution in [0.15, 0.2) is 39.1 Å². The first-order valence-electron chi connectivity index (χ1n) is 9.58. The summed E-state index contributed by atoms with van der Waals surface area (Å²) in [5.74, 6) is -0.256. The summed E-state index contributed by atoms with van der Waals surface area (Å²) in [6, 6.07) is 7.56. The fourth-order valence-electron chi connectivity index (χ4n) is 3.20. The van der Waals surface area contributed by atoms with Gasteiger partial charge in [-0.2, -0.15) is 0 Å². The largest absolute Gasteiger partial charge is 0.481 e. The summed E-state index contributed by atoms with van der Waals surface area (Å²) >= 11 is 6.25. The topological polar surface area (TPSA) is 82.5 Å². The van der Waals surface area contributed by atoms with Crippen molar-refractivity contribution < 1.29 is 14.7 Å². The third kappa shape index (κ3) is 6.45. The number of halogens is 1. The Hall–Kier alpha value is -1.58. The van der Waals surface area contributed by atoms with Crippen LogP contribution >= 0.6 is 39.0 Å². The molecule has 0 saturated heterocycles. The molecule has 0 aliphatic heterocycles. The molecule has 3 rings (SSSR count). The molecular weight excluding hydrogens is 474 g/mol. The Balaban J connectivity index is 1.66. The molecule has 1 aliphatic carbocycles. The van der Waals surface area contributed by atoms with Gasteiger partial charge in [-0.1, -0.05) is 47.0 Å². The van der Waals surface area contributed by atoms with Gasteiger partial charge in [0, 0.05) is 22.5 Å². The number of aliphatic carboxylic acids is 1. The number of thioether (sulfide) groups is 1. The van der Waals surface area contributed by atoms with E-state index in [1.54, 1.807) is 18.0 Å². The molecule has 6 nitrogen and oxygen atoms in total. The van der Waals surface area contributed by atoms with Gasteiger partial charge in [-0.15, -0.1) is 11.8 Å². The molecule has 1 aromatic heterocycles. The molecule has 156 valence electrons. The van der Waals surface area contributed by atoms with Crippen molar-refractivity contribution in [3.8, 4) is 0 Å². The lowest BCUT2D eigenvalue weighted by Crippen LogP contribution is -2.38. The normalized spacial score (nSPS) is 15.2. The van der Waals surface area contributed by atoms with E-state index in [1.807, 2.05) is 24.3 Å². The van der Waals surface area contributed by atoms with Gasteiger partial charge in [0.05, 0.1) is 16.3 Å². The van der Waals surface area contributed by atoms with E-state index in [-0.39, 0.29) is 6.03 Å². The van der Waals surface area contributed by atoms with Gasteiger partial charge < -0.3 is 5.11 Å². The van der Waals surface area contributed by atoms with E-state index >= 15 is 0 Å². The molecule has 1 aliphatic rings. The highest BCUT2D eigenvalue weighted by molar-refractivity contribution is 9.10. The number of benzene rings is 1. The molecule has 2 amide bonds. The maximum Gasteiger partial charge on any atom is 0.328 e. The summed E-state index contributed by atoms with van der Waals surface area (Å²) < 4.78 is 1.86. The minimum atomic E-state index is -0.812. The van der Waals surface area contributed by atoms with Crippen molar-refractivity contribution in [2.75, 3.05) is 22.5 Å². The second-order valence-corrected chi connectivity index (χ2v) is 10.5. The maximum absolute atomic E-state index is 13.0. The van der Waals surface area contributed by atoms with Crippen LogP contribution in [-0.2, 0) is 4.79 Å². The van der Waals surface area contributed by atoms with Crippen LogP contribution in [0.3, 0.4) is 0 Å². The standard InChI is InChI=1S/C20H24BrN3O3S2/c1-13(18(25)26)12-28-17-10-22-19(29-17)23-20(27)24(11-14-4-2-3-5-14)16-8-6-15(21)7-9-16/h6-10,13-14H,2-5,11-12H2,1H3,(H,25,26)(H,22,23,27). The summed E-state index contributed by atoms with van der Waals surface area (Å²) in [4.78, 5) is 30.1. The fourth-order valence-corrected chi connectivity index (χ4v) is 5.36. The number of nitrogens with one attached hydrogen (secondary N) is 1. The number of hydrogen-bond acceptors (Lipinski definition) is 5. The predicted octanol–water partition coefficient (Wildman–Crippen LogP) is 5.95. The van der Waals surface area contributed by atoms with Crippen LogP contribution in [-0.4, -0.2) is 34.4 Å². The van der Waals surface area contributed by atoms with Crippen molar-refractivity contribution in [3.05, 3.63) is 34.9 Å². The number of rotatable bonds is 8. The number of carbonyl (C=O) groups is 2. The molecular formula is C20H24BrN3O3S2. The first-order valence-corrected chi connectivity index (χ1v) is 12.2. The van der Waals surface area contributed by atoms with Crippen LogP contribution < -0.4 is 10.2 Å². The molecule has 0 bridgehead atoms. The van der Waals surface area contributed by atoms with Crippen LogP contribution in [0.5, 0.6) is 0 Å². The molecule has 2 N–H and O–H groups in total. The lowest BCUT2D eigenvalue weighted by atomic mass is 10.1. The van der Waals surface area contributed by atoms with E-state index in [0.29, 0.717) is 23.3 Å². The second-order valence-electron chi connectivity index (χ2n) is 7.20. The van der Waals surface area contributed by atoms with E-state index in [4.69, 9.17) is 5.11 Å². The van der Waals surface area contributed by atoms with Gasteiger partial charge in [0.25, 0.3) is 0 Å². The van der Waals surface area contributed by atoms with Crippen LogP contribution in [0.4, 0.5) is 15.6 Å². The predicted molar refractivity (Wildman–Crippen MR) is 122 cm³/mol. The van der Waals surface area contributed by atoms with Crippen molar-refractivity contribution in [1.82, 2.24) is 4.98 Å². The smallest absolute Gasteiger partial charge is 0.328 e. The monoisotopic (exact) mass is 497 g/mol. The van der Waals surface area contributed by atoms with Gasteiger partial charge in [-0.25, -0.2) is 9.78 Å². The number of carboxylic acids is 1. The Morgan fingerprint density at radius 1 is 1.34 bits per heavy atom. The molecule has 29 heavy (non-hydrogen) atoms. The van der Waals surface area contributed by atoms with E-state index in [2.05, 4.69) is 26.2 Å². The summed E-state index contributed by atoms with van der Waals surface area (Å²) in [6.45, 7) is 2.37. The summed E-state index contributed by atoms with van der Waals surface area (Å²) in [5, 5.41) is 12.4. The Bertz CT molecular complexity index is 838. The highest BCUT2D eigenvalue weighted by Crippen LogP contribution is 2.31. The number of aromatic nitrogens is 1. The lowest BCUT2D eigenvalue weighted by molar-refractivity contribution is -0.140. The molecule has 1 aromatic carbocycles. The SMILES string of the molecule is CC(CSc1cnc(NC(=O)N(CC2CCCC2)c2ccc(Br)cc2)s1)C(=O)O. The zero-order chi connectivity index (χ0) is 20.8. The number of thiazole rings is 1. The van der Waals surface area contributed by atoms with Gasteiger partial charge >= 0.3 is 12.0 Å². The van der Waals surface area contributed by atoms with E-state index < -0.39 is 11.9 Å². The molecule has 1 heterocycles. The third-order valence-electron chi connectivity index (χ3n) is 4.89. The van der Waals surface area contributed by atoms with Crippen molar-refractivity contribution >= 4 is 61.8 Å². The van der Waals surface area contributed by atoms with E-state index in [0.717, 1.165) is 27.2 Å². The zero-order valence-corrected chi connectivity index (χ0v) is 19.4. The summed E-state index contributed by atoms with van der Waals surface area (Å²) in [7, 11) is 0. The molecule has 1 unspecified atom stereocenters. The van der Waals surface area contributed by atoms with Crippen LogP contribution in [0.1, 0.15) is 32.6 Å². The molecule has 1 atom stereocenters. The Kier molecular flexibility index (Phi) is 7.97. The number of hydrogen-bond donors (Lipinski definition) is 2. The molecule has 0 spiro atoms. The van der Waals surface area contributed by atoms with Crippen molar-refractivity contribution in [2.45, 2.75) is 36.8 Å². The number of amides is 2. The minimum Gasteiger partial charge on any atom is -0.481 e. The zero-order valence-electron chi connectivity index (χ0n) is 16.1. The van der Waals surface area contributed by atoms with Crippen molar-refractivity contribution in [3.63, 3.8) is 0 Å². The van der Waals surface area contributed by atoms with Gasteiger partial charge in [0.15, 0.2) is 5.13 Å². The summed E-state index contributed by atoms with van der Waals surface area (Å²) in [6.07, 6.45) is 6.44. The van der Waals surface area contributed by atoms with Gasteiger partial charge in [-0.3, -0.25) is 15.0 Å². The Morgan fingerprint density at radius 3 is 2.69 bits per heavy atom. The first kappa shape index (κ1) is 22.1.